The highest BCUT2D eigenvalue weighted by Crippen LogP contribution is 2.38. The summed E-state index contributed by atoms with van der Waals surface area (Å²) in [6.45, 7) is 2.34. The van der Waals surface area contributed by atoms with Crippen LogP contribution in [0.2, 0.25) is 0 Å². The fourth-order valence-corrected chi connectivity index (χ4v) is 3.98. The third-order valence-electron chi connectivity index (χ3n) is 4.18. The molecule has 1 aromatic heterocycles. The molecule has 0 saturated carbocycles. The Morgan fingerprint density at radius 2 is 2.04 bits per heavy atom. The molecule has 128 valence electrons. The number of benzene rings is 2. The van der Waals surface area contributed by atoms with Crippen molar-refractivity contribution in [2.45, 2.75) is 24.8 Å². The van der Waals surface area contributed by atoms with Gasteiger partial charge >= 0.3 is 0 Å². The zero-order valence-corrected chi connectivity index (χ0v) is 14.3. The second-order valence-electron chi connectivity index (χ2n) is 5.74. The van der Waals surface area contributed by atoms with Gasteiger partial charge < -0.3 is 9.26 Å². The Hall–Kier alpha value is -2.80. The Kier molecular flexibility index (Phi) is 3.73. The highest BCUT2D eigenvalue weighted by Gasteiger charge is 2.25. The van der Waals surface area contributed by atoms with Gasteiger partial charge in [0.1, 0.15) is 12.4 Å². The van der Waals surface area contributed by atoms with Crippen molar-refractivity contribution in [1.82, 2.24) is 5.16 Å². The number of nitrogens with one attached hydrogen (secondary N) is 1. The monoisotopic (exact) mass is 356 g/mol. The summed E-state index contributed by atoms with van der Waals surface area (Å²) in [5, 5.41) is 3.76. The Labute approximate surface area is 145 Å². The zero-order valence-electron chi connectivity index (χ0n) is 13.5. The van der Waals surface area contributed by atoms with Crippen LogP contribution in [0.1, 0.15) is 18.1 Å². The largest absolute Gasteiger partial charge is 0.488 e. The molecule has 25 heavy (non-hydrogen) atoms. The summed E-state index contributed by atoms with van der Waals surface area (Å²) in [5.74, 6) is 1.13. The Morgan fingerprint density at radius 1 is 1.20 bits per heavy atom. The quantitative estimate of drug-likeness (QED) is 0.772. The summed E-state index contributed by atoms with van der Waals surface area (Å²) >= 11 is 0. The lowest BCUT2D eigenvalue weighted by atomic mass is 10.1. The first-order chi connectivity index (χ1) is 12.1. The van der Waals surface area contributed by atoms with Gasteiger partial charge in [-0.05, 0) is 36.2 Å². The van der Waals surface area contributed by atoms with E-state index >= 15 is 0 Å². The molecule has 0 atom stereocenters. The van der Waals surface area contributed by atoms with Crippen molar-refractivity contribution < 1.29 is 17.7 Å². The summed E-state index contributed by atoms with van der Waals surface area (Å²) in [7, 11) is -3.73. The van der Waals surface area contributed by atoms with Gasteiger partial charge in [0.25, 0.3) is 10.0 Å². The first-order valence-corrected chi connectivity index (χ1v) is 9.38. The van der Waals surface area contributed by atoms with Crippen LogP contribution in [0.5, 0.6) is 5.75 Å². The maximum Gasteiger partial charge on any atom is 0.261 e. The van der Waals surface area contributed by atoms with Gasteiger partial charge in [-0.15, -0.1) is 0 Å². The molecule has 3 aromatic rings. The lowest BCUT2D eigenvalue weighted by Crippen LogP contribution is -2.15. The van der Waals surface area contributed by atoms with Crippen LogP contribution in [-0.4, -0.2) is 13.6 Å². The molecule has 0 saturated heterocycles. The molecular formula is C18H16N2O4S. The summed E-state index contributed by atoms with van der Waals surface area (Å²) in [6.07, 6.45) is 2.31. The topological polar surface area (TPSA) is 81.4 Å². The van der Waals surface area contributed by atoms with Crippen LogP contribution in [-0.2, 0) is 23.1 Å². The molecule has 4 rings (SSSR count). The van der Waals surface area contributed by atoms with E-state index < -0.39 is 10.0 Å². The summed E-state index contributed by atoms with van der Waals surface area (Å²) in [5.41, 5.74) is 2.90. The van der Waals surface area contributed by atoms with Gasteiger partial charge in [0.2, 0.25) is 0 Å². The number of aryl methyl sites for hydroxylation is 1. The number of ether oxygens (including phenoxy) is 1. The Morgan fingerprint density at radius 3 is 2.88 bits per heavy atom. The van der Waals surface area contributed by atoms with Crippen LogP contribution >= 0.6 is 0 Å². The molecule has 1 N–H and O–H groups in total. The number of anilines is 1. The number of rotatable bonds is 4. The predicted octanol–water partition coefficient (Wildman–Crippen LogP) is 3.60. The average Bonchev–Trinajstić information content (AvgIpc) is 3.10. The van der Waals surface area contributed by atoms with Gasteiger partial charge in [-0.25, -0.2) is 8.42 Å². The minimum atomic E-state index is -3.73. The van der Waals surface area contributed by atoms with Gasteiger partial charge in [0.15, 0.2) is 5.76 Å². The molecule has 0 unspecified atom stereocenters. The van der Waals surface area contributed by atoms with Crippen molar-refractivity contribution in [3.8, 4) is 17.1 Å². The molecule has 0 aliphatic carbocycles. The van der Waals surface area contributed by atoms with E-state index in [9.17, 15) is 8.42 Å². The van der Waals surface area contributed by atoms with Crippen LogP contribution in [0.25, 0.3) is 11.3 Å². The normalized spacial score (nSPS) is 12.8. The molecule has 0 fully saturated rings. The van der Waals surface area contributed by atoms with Crippen LogP contribution in [0.15, 0.2) is 58.1 Å². The first-order valence-electron chi connectivity index (χ1n) is 7.90. The lowest BCUT2D eigenvalue weighted by molar-refractivity contribution is 0.297. The number of fused-ring (bicyclic) bond motifs is 3. The molecule has 2 aromatic carbocycles. The van der Waals surface area contributed by atoms with Crippen molar-refractivity contribution in [2.24, 2.45) is 0 Å². The molecule has 2 heterocycles. The maximum atomic E-state index is 12.8. The fourth-order valence-electron chi connectivity index (χ4n) is 2.85. The SMILES string of the molecule is CCc1ccccc1NS(=O)(=O)c1ccc2c(c1)-c1oncc1CO2. The van der Waals surface area contributed by atoms with Crippen LogP contribution in [0.4, 0.5) is 5.69 Å². The van der Waals surface area contributed by atoms with Gasteiger partial charge in [-0.2, -0.15) is 0 Å². The molecule has 0 bridgehead atoms. The standard InChI is InChI=1S/C18H16N2O4S/c1-2-12-5-3-4-6-16(12)20-25(21,22)14-7-8-17-15(9-14)18-13(11-23-17)10-19-24-18/h3-10,20H,2,11H2,1H3. The number of para-hydroxylation sites is 1. The van der Waals surface area contributed by atoms with Crippen molar-refractivity contribution in [1.29, 1.82) is 0 Å². The molecule has 0 spiro atoms. The fraction of sp³-hybridized carbons (Fsp3) is 0.167. The van der Waals surface area contributed by atoms with Crippen LogP contribution in [0.3, 0.4) is 0 Å². The summed E-state index contributed by atoms with van der Waals surface area (Å²) < 4.78 is 39.2. The second-order valence-corrected chi connectivity index (χ2v) is 7.43. The van der Waals surface area contributed by atoms with Gasteiger partial charge in [0.05, 0.1) is 27.9 Å². The average molecular weight is 356 g/mol. The van der Waals surface area contributed by atoms with Crippen molar-refractivity contribution in [3.63, 3.8) is 0 Å². The molecule has 0 amide bonds. The first kappa shape index (κ1) is 15.7. The van der Waals surface area contributed by atoms with Gasteiger partial charge in [-0.1, -0.05) is 30.3 Å². The Bertz CT molecular complexity index is 1040. The Balaban J connectivity index is 1.74. The van der Waals surface area contributed by atoms with E-state index in [0.717, 1.165) is 17.5 Å². The predicted molar refractivity (Wildman–Crippen MR) is 92.9 cm³/mol. The maximum absolute atomic E-state index is 12.8. The van der Waals surface area contributed by atoms with E-state index in [-0.39, 0.29) is 4.90 Å². The molecule has 1 aliphatic rings. The third-order valence-corrected chi connectivity index (χ3v) is 5.54. The third kappa shape index (κ3) is 2.76. The van der Waals surface area contributed by atoms with E-state index in [1.807, 2.05) is 19.1 Å². The highest BCUT2D eigenvalue weighted by molar-refractivity contribution is 7.92. The summed E-state index contributed by atoms with van der Waals surface area (Å²) in [6, 6.07) is 12.1. The summed E-state index contributed by atoms with van der Waals surface area (Å²) in [4.78, 5) is 0.144. The zero-order chi connectivity index (χ0) is 17.4. The van der Waals surface area contributed by atoms with Crippen LogP contribution < -0.4 is 9.46 Å². The number of hydrogen-bond acceptors (Lipinski definition) is 5. The van der Waals surface area contributed by atoms with Crippen molar-refractivity contribution >= 4 is 15.7 Å². The van der Waals surface area contributed by atoms with Crippen molar-refractivity contribution in [2.75, 3.05) is 4.72 Å². The number of nitrogens with zero attached hydrogens (tertiary/aromatic N) is 1. The molecule has 7 heteroatoms. The van der Waals surface area contributed by atoms with Gasteiger partial charge in [-0.3, -0.25) is 4.72 Å². The smallest absolute Gasteiger partial charge is 0.261 e. The molecule has 1 aliphatic heterocycles. The van der Waals surface area contributed by atoms with E-state index in [1.165, 1.54) is 6.07 Å². The van der Waals surface area contributed by atoms with Crippen molar-refractivity contribution in [3.05, 3.63) is 59.8 Å². The van der Waals surface area contributed by atoms with E-state index in [0.29, 0.717) is 29.4 Å². The second kappa shape index (κ2) is 5.93. The minimum Gasteiger partial charge on any atom is -0.488 e. The number of hydrogen-bond donors (Lipinski definition) is 1. The molecule has 0 radical (unpaired) electrons. The molecular weight excluding hydrogens is 340 g/mol. The lowest BCUT2D eigenvalue weighted by Gasteiger charge is -2.17. The van der Waals surface area contributed by atoms with E-state index in [4.69, 9.17) is 9.26 Å². The van der Waals surface area contributed by atoms with Crippen LogP contribution in [0, 0.1) is 0 Å². The minimum absolute atomic E-state index is 0.144. The number of aromatic nitrogens is 1. The van der Waals surface area contributed by atoms with E-state index in [1.54, 1.807) is 30.5 Å². The highest BCUT2D eigenvalue weighted by atomic mass is 32.2. The van der Waals surface area contributed by atoms with E-state index in [2.05, 4.69) is 9.88 Å². The van der Waals surface area contributed by atoms with Gasteiger partial charge in [0, 0.05) is 0 Å². The molecule has 6 nitrogen and oxygen atoms in total. The number of sulfonamides is 1.